The topological polar surface area (TPSA) is 54.0 Å². The number of hydrogen-bond acceptors (Lipinski definition) is 3. The van der Waals surface area contributed by atoms with Crippen molar-refractivity contribution in [2.24, 2.45) is 11.8 Å². The van der Waals surface area contributed by atoms with Crippen molar-refractivity contribution in [2.45, 2.75) is 26.2 Å². The quantitative estimate of drug-likeness (QED) is 0.892. The smallest absolute Gasteiger partial charge is 0.252 e. The predicted octanol–water partition coefficient (Wildman–Crippen LogP) is 2.94. The Bertz CT molecular complexity index is 464. The largest absolute Gasteiger partial charge is 0.372 e. The number of anilines is 1. The SMILES string of the molecule is CNc1ncc(C(=O)NCC2CCC(C)C2)cc1Cl. The zero-order valence-electron chi connectivity index (χ0n) is 11.4. The Morgan fingerprint density at radius 3 is 2.89 bits per heavy atom. The molecule has 0 spiro atoms. The summed E-state index contributed by atoms with van der Waals surface area (Å²) in [6, 6.07) is 1.65. The average molecular weight is 282 g/mol. The Balaban J connectivity index is 1.91. The van der Waals surface area contributed by atoms with E-state index in [2.05, 4.69) is 22.5 Å². The number of aromatic nitrogens is 1. The Kier molecular flexibility index (Phi) is 4.64. The molecule has 2 rings (SSSR count). The van der Waals surface area contributed by atoms with E-state index in [-0.39, 0.29) is 5.91 Å². The highest BCUT2D eigenvalue weighted by atomic mass is 35.5. The number of nitrogens with one attached hydrogen (secondary N) is 2. The number of carbonyl (C=O) groups excluding carboxylic acids is 1. The Labute approximate surface area is 118 Å². The Morgan fingerprint density at radius 1 is 1.53 bits per heavy atom. The molecule has 0 radical (unpaired) electrons. The minimum atomic E-state index is -0.100. The molecule has 4 nitrogen and oxygen atoms in total. The zero-order valence-corrected chi connectivity index (χ0v) is 12.1. The fourth-order valence-electron chi connectivity index (χ4n) is 2.60. The van der Waals surface area contributed by atoms with Crippen molar-refractivity contribution in [3.63, 3.8) is 0 Å². The van der Waals surface area contributed by atoms with Gasteiger partial charge in [-0.25, -0.2) is 4.98 Å². The monoisotopic (exact) mass is 281 g/mol. The molecule has 5 heteroatoms. The first-order valence-corrected chi connectivity index (χ1v) is 7.09. The van der Waals surface area contributed by atoms with E-state index in [1.807, 2.05) is 0 Å². The summed E-state index contributed by atoms with van der Waals surface area (Å²) in [4.78, 5) is 16.1. The molecule has 1 aliphatic carbocycles. The van der Waals surface area contributed by atoms with E-state index in [1.54, 1.807) is 19.3 Å². The third kappa shape index (κ3) is 3.60. The molecule has 1 aliphatic rings. The molecule has 1 amide bonds. The van der Waals surface area contributed by atoms with Crippen molar-refractivity contribution < 1.29 is 4.79 Å². The molecule has 0 aromatic carbocycles. The lowest BCUT2D eigenvalue weighted by molar-refractivity contribution is 0.0947. The summed E-state index contributed by atoms with van der Waals surface area (Å²) in [5.74, 6) is 1.88. The van der Waals surface area contributed by atoms with E-state index in [0.29, 0.717) is 22.3 Å². The van der Waals surface area contributed by atoms with E-state index in [4.69, 9.17) is 11.6 Å². The third-order valence-electron chi connectivity index (χ3n) is 3.69. The first-order valence-electron chi connectivity index (χ1n) is 6.71. The van der Waals surface area contributed by atoms with Crippen molar-refractivity contribution in [2.75, 3.05) is 18.9 Å². The summed E-state index contributed by atoms with van der Waals surface area (Å²) in [5, 5.41) is 6.30. The lowest BCUT2D eigenvalue weighted by Gasteiger charge is -2.11. The van der Waals surface area contributed by atoms with Gasteiger partial charge in [0.25, 0.3) is 5.91 Å². The molecule has 0 aliphatic heterocycles. The fraction of sp³-hybridized carbons (Fsp3) is 0.571. The summed E-state index contributed by atoms with van der Waals surface area (Å²) in [6.45, 7) is 3.01. The van der Waals surface area contributed by atoms with Crippen molar-refractivity contribution in [3.05, 3.63) is 22.8 Å². The number of carbonyl (C=O) groups is 1. The van der Waals surface area contributed by atoms with Crippen LogP contribution in [0.3, 0.4) is 0 Å². The van der Waals surface area contributed by atoms with Crippen LogP contribution >= 0.6 is 11.6 Å². The first-order chi connectivity index (χ1) is 9.10. The highest BCUT2D eigenvalue weighted by Gasteiger charge is 2.21. The Hall–Kier alpha value is -1.29. The maximum atomic E-state index is 12.0. The van der Waals surface area contributed by atoms with Crippen LogP contribution in [0.25, 0.3) is 0 Å². The summed E-state index contributed by atoms with van der Waals surface area (Å²) in [6.07, 6.45) is 5.23. The minimum Gasteiger partial charge on any atom is -0.372 e. The van der Waals surface area contributed by atoms with E-state index >= 15 is 0 Å². The lowest BCUT2D eigenvalue weighted by Crippen LogP contribution is -2.28. The first kappa shape index (κ1) is 14.1. The van der Waals surface area contributed by atoms with Gasteiger partial charge in [-0.2, -0.15) is 0 Å². The molecule has 1 fully saturated rings. The molecule has 19 heavy (non-hydrogen) atoms. The lowest BCUT2D eigenvalue weighted by atomic mass is 10.1. The van der Waals surface area contributed by atoms with E-state index < -0.39 is 0 Å². The van der Waals surface area contributed by atoms with Crippen LogP contribution in [0.2, 0.25) is 5.02 Å². The standard InChI is InChI=1S/C14H20ClN3O/c1-9-3-4-10(5-9)7-18-14(19)11-6-12(15)13(16-2)17-8-11/h6,8-10H,3-5,7H2,1-2H3,(H,16,17)(H,18,19). The van der Waals surface area contributed by atoms with Crippen molar-refractivity contribution in [3.8, 4) is 0 Å². The molecule has 1 aromatic rings. The van der Waals surface area contributed by atoms with Crippen molar-refractivity contribution >= 4 is 23.3 Å². The van der Waals surface area contributed by atoms with Crippen LogP contribution in [0.1, 0.15) is 36.5 Å². The minimum absolute atomic E-state index is 0.100. The molecule has 1 saturated carbocycles. The number of amides is 1. The van der Waals surface area contributed by atoms with Crippen LogP contribution in [-0.2, 0) is 0 Å². The number of halogens is 1. The molecule has 2 atom stereocenters. The van der Waals surface area contributed by atoms with Gasteiger partial charge in [0.2, 0.25) is 0 Å². The molecule has 1 aromatic heterocycles. The Morgan fingerprint density at radius 2 is 2.32 bits per heavy atom. The van der Waals surface area contributed by atoms with E-state index in [1.165, 1.54) is 19.3 Å². The van der Waals surface area contributed by atoms with Gasteiger partial charge in [0, 0.05) is 19.8 Å². The second-order valence-corrected chi connectivity index (χ2v) is 5.71. The maximum Gasteiger partial charge on any atom is 0.252 e. The van der Waals surface area contributed by atoms with Crippen molar-refractivity contribution in [1.82, 2.24) is 10.3 Å². The van der Waals surface area contributed by atoms with Gasteiger partial charge in [0.15, 0.2) is 0 Å². The fourth-order valence-corrected chi connectivity index (χ4v) is 2.86. The molecule has 0 bridgehead atoms. The van der Waals surface area contributed by atoms with Crippen molar-refractivity contribution in [1.29, 1.82) is 0 Å². The van der Waals surface area contributed by atoms with Gasteiger partial charge in [-0.3, -0.25) is 4.79 Å². The van der Waals surface area contributed by atoms with Gasteiger partial charge in [0.05, 0.1) is 10.6 Å². The van der Waals surface area contributed by atoms with Gasteiger partial charge in [0.1, 0.15) is 5.82 Å². The number of hydrogen-bond donors (Lipinski definition) is 2. The van der Waals surface area contributed by atoms with Gasteiger partial charge in [-0.05, 0) is 30.7 Å². The zero-order chi connectivity index (χ0) is 13.8. The molecule has 2 unspecified atom stereocenters. The molecular formula is C14H20ClN3O. The normalized spacial score (nSPS) is 22.3. The number of pyridine rings is 1. The van der Waals surface area contributed by atoms with Gasteiger partial charge in [-0.1, -0.05) is 24.9 Å². The average Bonchev–Trinajstić information content (AvgIpc) is 2.81. The van der Waals surface area contributed by atoms with E-state index in [9.17, 15) is 4.79 Å². The van der Waals surface area contributed by atoms with Gasteiger partial charge < -0.3 is 10.6 Å². The second-order valence-electron chi connectivity index (χ2n) is 5.30. The van der Waals surface area contributed by atoms with E-state index in [0.717, 1.165) is 12.5 Å². The molecular weight excluding hydrogens is 262 g/mol. The molecule has 1 heterocycles. The number of rotatable bonds is 4. The highest BCUT2D eigenvalue weighted by molar-refractivity contribution is 6.33. The van der Waals surface area contributed by atoms with Crippen LogP contribution in [-0.4, -0.2) is 24.5 Å². The predicted molar refractivity (Wildman–Crippen MR) is 77.6 cm³/mol. The van der Waals surface area contributed by atoms with Crippen LogP contribution in [0.5, 0.6) is 0 Å². The third-order valence-corrected chi connectivity index (χ3v) is 3.98. The maximum absolute atomic E-state index is 12.0. The summed E-state index contributed by atoms with van der Waals surface area (Å²) < 4.78 is 0. The number of nitrogens with zero attached hydrogens (tertiary/aromatic N) is 1. The van der Waals surface area contributed by atoms with Crippen LogP contribution in [0.15, 0.2) is 12.3 Å². The summed E-state index contributed by atoms with van der Waals surface area (Å²) in [5.41, 5.74) is 0.509. The summed E-state index contributed by atoms with van der Waals surface area (Å²) in [7, 11) is 1.75. The molecule has 2 N–H and O–H groups in total. The van der Waals surface area contributed by atoms with Crippen LogP contribution < -0.4 is 10.6 Å². The second kappa shape index (κ2) is 6.24. The van der Waals surface area contributed by atoms with Gasteiger partial charge >= 0.3 is 0 Å². The van der Waals surface area contributed by atoms with Crippen LogP contribution in [0, 0.1) is 11.8 Å². The summed E-state index contributed by atoms with van der Waals surface area (Å²) >= 11 is 6.01. The molecule has 0 saturated heterocycles. The van der Waals surface area contributed by atoms with Crippen LogP contribution in [0.4, 0.5) is 5.82 Å². The highest BCUT2D eigenvalue weighted by Crippen LogP contribution is 2.29. The van der Waals surface area contributed by atoms with Gasteiger partial charge in [-0.15, -0.1) is 0 Å². The molecule has 104 valence electrons.